The number of amides is 1. The molecule has 4 heteroatoms. The van der Waals surface area contributed by atoms with E-state index in [2.05, 4.69) is 10.8 Å². The van der Waals surface area contributed by atoms with Crippen LogP contribution in [0, 0.1) is 5.92 Å². The highest BCUT2D eigenvalue weighted by atomic mass is 16.6. The molecule has 0 aromatic carbocycles. The van der Waals surface area contributed by atoms with Gasteiger partial charge in [0, 0.05) is 13.1 Å². The molecule has 0 spiro atoms. The van der Waals surface area contributed by atoms with Crippen molar-refractivity contribution in [1.82, 2.24) is 10.8 Å². The summed E-state index contributed by atoms with van der Waals surface area (Å²) in [5.41, 5.74) is 2.98. The quantitative estimate of drug-likeness (QED) is 0.661. The van der Waals surface area contributed by atoms with Crippen molar-refractivity contribution in [3.63, 3.8) is 0 Å². The largest absolute Gasteiger partial charge is 0.359 e. The van der Waals surface area contributed by atoms with Crippen LogP contribution in [-0.2, 0) is 9.63 Å². The lowest BCUT2D eigenvalue weighted by Gasteiger charge is -2.30. The molecule has 4 nitrogen and oxygen atoms in total. The average molecular weight is 200 g/mol. The number of rotatable bonds is 4. The number of carbonyl (C=O) groups excluding carboxylic acids is 1. The van der Waals surface area contributed by atoms with E-state index < -0.39 is 0 Å². The molecular weight excluding hydrogens is 180 g/mol. The number of hydroxylamine groups is 1. The summed E-state index contributed by atoms with van der Waals surface area (Å²) < 4.78 is 0. The van der Waals surface area contributed by atoms with Gasteiger partial charge >= 0.3 is 0 Å². The van der Waals surface area contributed by atoms with E-state index in [1.165, 1.54) is 6.42 Å². The molecule has 0 aliphatic heterocycles. The van der Waals surface area contributed by atoms with Gasteiger partial charge in [-0.05, 0) is 19.8 Å². The highest BCUT2D eigenvalue weighted by Crippen LogP contribution is 2.24. The van der Waals surface area contributed by atoms with Crippen molar-refractivity contribution >= 4 is 5.91 Å². The molecule has 0 bridgehead atoms. The molecule has 82 valence electrons. The fourth-order valence-electron chi connectivity index (χ4n) is 1.96. The summed E-state index contributed by atoms with van der Waals surface area (Å²) in [7, 11) is 1.69. The maximum absolute atomic E-state index is 11.5. The Morgan fingerprint density at radius 3 is 2.79 bits per heavy atom. The zero-order chi connectivity index (χ0) is 10.4. The maximum Gasteiger partial charge on any atom is 0.224 e. The summed E-state index contributed by atoms with van der Waals surface area (Å²) in [5.74, 6) is 0.196. The van der Waals surface area contributed by atoms with Crippen LogP contribution >= 0.6 is 0 Å². The van der Waals surface area contributed by atoms with Crippen molar-refractivity contribution in [2.24, 2.45) is 5.92 Å². The van der Waals surface area contributed by atoms with Crippen molar-refractivity contribution in [3.05, 3.63) is 0 Å². The van der Waals surface area contributed by atoms with Crippen LogP contribution < -0.4 is 10.8 Å². The Bertz CT molecular complexity index is 185. The summed E-state index contributed by atoms with van der Waals surface area (Å²) >= 11 is 0. The summed E-state index contributed by atoms with van der Waals surface area (Å²) in [6, 6.07) is 0.184. The first-order valence-corrected chi connectivity index (χ1v) is 5.38. The molecule has 0 saturated heterocycles. The minimum atomic E-state index is 0.0697. The van der Waals surface area contributed by atoms with E-state index in [0.29, 0.717) is 6.61 Å². The van der Waals surface area contributed by atoms with Crippen LogP contribution in [0.2, 0.25) is 0 Å². The zero-order valence-corrected chi connectivity index (χ0v) is 9.01. The molecule has 2 N–H and O–H groups in total. The smallest absolute Gasteiger partial charge is 0.224 e. The number of carbonyl (C=O) groups is 1. The van der Waals surface area contributed by atoms with Gasteiger partial charge in [-0.15, -0.1) is 0 Å². The third-order valence-electron chi connectivity index (χ3n) is 2.73. The van der Waals surface area contributed by atoms with Crippen LogP contribution in [0.5, 0.6) is 0 Å². The lowest BCUT2D eigenvalue weighted by atomic mass is 9.84. The minimum Gasteiger partial charge on any atom is -0.359 e. The lowest BCUT2D eigenvalue weighted by Crippen LogP contribution is -2.45. The van der Waals surface area contributed by atoms with Crippen LogP contribution in [0.15, 0.2) is 0 Å². The third-order valence-corrected chi connectivity index (χ3v) is 2.73. The second-order valence-electron chi connectivity index (χ2n) is 3.66. The van der Waals surface area contributed by atoms with Gasteiger partial charge in [0.25, 0.3) is 0 Å². The molecule has 0 heterocycles. The molecule has 14 heavy (non-hydrogen) atoms. The normalized spacial score (nSPS) is 27.3. The molecule has 1 amide bonds. The Balaban J connectivity index is 2.45. The molecule has 1 rings (SSSR count). The van der Waals surface area contributed by atoms with Gasteiger partial charge in [-0.1, -0.05) is 12.8 Å². The Kier molecular flexibility index (Phi) is 4.90. The molecule has 0 unspecified atom stereocenters. The highest BCUT2D eigenvalue weighted by Gasteiger charge is 2.30. The predicted molar refractivity (Wildman–Crippen MR) is 54.6 cm³/mol. The van der Waals surface area contributed by atoms with Crippen LogP contribution in [0.1, 0.15) is 32.6 Å². The van der Waals surface area contributed by atoms with Gasteiger partial charge < -0.3 is 10.2 Å². The fraction of sp³-hybridized carbons (Fsp3) is 0.900. The molecule has 0 radical (unpaired) electrons. The standard InChI is InChI=1S/C10H20N2O2/c1-3-14-12-9-7-5-4-6-8(9)10(13)11-2/h8-9,12H,3-7H2,1-2H3,(H,11,13)/t8-,9-/m0/s1. The van der Waals surface area contributed by atoms with Crippen LogP contribution in [0.3, 0.4) is 0 Å². The predicted octanol–water partition coefficient (Wildman–Crippen LogP) is 0.832. The second-order valence-corrected chi connectivity index (χ2v) is 3.66. The van der Waals surface area contributed by atoms with E-state index in [4.69, 9.17) is 4.84 Å². The van der Waals surface area contributed by atoms with Gasteiger partial charge in [0.15, 0.2) is 0 Å². The van der Waals surface area contributed by atoms with E-state index in [-0.39, 0.29) is 17.9 Å². The molecule has 1 aliphatic carbocycles. The van der Waals surface area contributed by atoms with E-state index in [0.717, 1.165) is 19.3 Å². The SMILES string of the molecule is CCON[C@H]1CCCC[C@@H]1C(=O)NC. The first kappa shape index (κ1) is 11.5. The average Bonchev–Trinajstić information content (AvgIpc) is 2.25. The van der Waals surface area contributed by atoms with Gasteiger partial charge in [0.05, 0.1) is 12.5 Å². The lowest BCUT2D eigenvalue weighted by molar-refractivity contribution is -0.128. The van der Waals surface area contributed by atoms with Crippen LogP contribution in [0.4, 0.5) is 0 Å². The topological polar surface area (TPSA) is 50.4 Å². The van der Waals surface area contributed by atoms with E-state index in [9.17, 15) is 4.79 Å². The molecular formula is C10H20N2O2. The number of hydrogen-bond donors (Lipinski definition) is 2. The van der Waals surface area contributed by atoms with Gasteiger partial charge in [0.1, 0.15) is 0 Å². The van der Waals surface area contributed by atoms with Gasteiger partial charge in [-0.3, -0.25) is 4.79 Å². The third kappa shape index (κ3) is 2.96. The monoisotopic (exact) mass is 200 g/mol. The van der Waals surface area contributed by atoms with Crippen LogP contribution in [-0.4, -0.2) is 25.6 Å². The van der Waals surface area contributed by atoms with Crippen molar-refractivity contribution in [2.45, 2.75) is 38.6 Å². The van der Waals surface area contributed by atoms with Crippen LogP contribution in [0.25, 0.3) is 0 Å². The van der Waals surface area contributed by atoms with Gasteiger partial charge in [-0.2, -0.15) is 5.48 Å². The first-order chi connectivity index (χ1) is 6.79. The summed E-state index contributed by atoms with van der Waals surface area (Å²) in [4.78, 5) is 16.7. The molecule has 1 saturated carbocycles. The maximum atomic E-state index is 11.5. The zero-order valence-electron chi connectivity index (χ0n) is 9.01. The van der Waals surface area contributed by atoms with Gasteiger partial charge in [-0.25, -0.2) is 0 Å². The van der Waals surface area contributed by atoms with E-state index in [1.807, 2.05) is 6.92 Å². The molecule has 1 fully saturated rings. The number of nitrogens with one attached hydrogen (secondary N) is 2. The molecule has 0 aromatic heterocycles. The molecule has 0 aromatic rings. The number of hydrogen-bond acceptors (Lipinski definition) is 3. The molecule has 2 atom stereocenters. The summed E-state index contributed by atoms with van der Waals surface area (Å²) in [5, 5.41) is 2.71. The highest BCUT2D eigenvalue weighted by molar-refractivity contribution is 5.79. The summed E-state index contributed by atoms with van der Waals surface area (Å²) in [6.07, 6.45) is 4.31. The van der Waals surface area contributed by atoms with E-state index in [1.54, 1.807) is 7.05 Å². The minimum absolute atomic E-state index is 0.0697. The van der Waals surface area contributed by atoms with Crippen molar-refractivity contribution in [3.8, 4) is 0 Å². The second kappa shape index (κ2) is 5.98. The van der Waals surface area contributed by atoms with Gasteiger partial charge in [0.2, 0.25) is 5.91 Å². The Labute approximate surface area is 85.3 Å². The van der Waals surface area contributed by atoms with Crippen molar-refractivity contribution in [1.29, 1.82) is 0 Å². The molecule has 1 aliphatic rings. The Hall–Kier alpha value is -0.610. The Morgan fingerprint density at radius 2 is 2.14 bits per heavy atom. The van der Waals surface area contributed by atoms with E-state index >= 15 is 0 Å². The summed E-state index contributed by atoms with van der Waals surface area (Å²) in [6.45, 7) is 2.57. The van der Waals surface area contributed by atoms with Crippen molar-refractivity contribution in [2.75, 3.05) is 13.7 Å². The fourth-order valence-corrected chi connectivity index (χ4v) is 1.96. The van der Waals surface area contributed by atoms with Crippen molar-refractivity contribution < 1.29 is 9.63 Å². The Morgan fingerprint density at radius 1 is 1.43 bits per heavy atom. The first-order valence-electron chi connectivity index (χ1n) is 5.38.